The SMILES string of the molecule is COc1ccccc1CC(=S)Cc1ccc(S(=O)(=O)Nc2ccc(Cl)cc2)cc1. The van der Waals surface area contributed by atoms with Crippen LogP contribution in [0.3, 0.4) is 0 Å². The molecule has 3 rings (SSSR count). The fourth-order valence-electron chi connectivity index (χ4n) is 2.87. The molecule has 0 spiro atoms. The summed E-state index contributed by atoms with van der Waals surface area (Å²) in [7, 11) is -2.03. The van der Waals surface area contributed by atoms with E-state index < -0.39 is 10.0 Å². The smallest absolute Gasteiger partial charge is 0.261 e. The first-order valence-corrected chi connectivity index (χ1v) is 11.2. The number of ether oxygens (including phenoxy) is 1. The van der Waals surface area contributed by atoms with Gasteiger partial charge in [0.1, 0.15) is 5.75 Å². The highest BCUT2D eigenvalue weighted by molar-refractivity contribution is 7.92. The molecule has 0 aromatic heterocycles. The van der Waals surface area contributed by atoms with E-state index in [1.165, 1.54) is 0 Å². The van der Waals surface area contributed by atoms with Crippen LogP contribution < -0.4 is 9.46 Å². The molecule has 0 heterocycles. The summed E-state index contributed by atoms with van der Waals surface area (Å²) in [6.07, 6.45) is 1.20. The van der Waals surface area contributed by atoms with Gasteiger partial charge in [0.05, 0.1) is 12.0 Å². The molecule has 150 valence electrons. The molecule has 29 heavy (non-hydrogen) atoms. The molecule has 3 aromatic rings. The van der Waals surface area contributed by atoms with E-state index in [0.29, 0.717) is 23.6 Å². The third-order valence-electron chi connectivity index (χ3n) is 4.31. The molecular formula is C22H20ClNO3S2. The molecule has 0 amide bonds. The van der Waals surface area contributed by atoms with Gasteiger partial charge in [-0.25, -0.2) is 8.42 Å². The van der Waals surface area contributed by atoms with Crippen LogP contribution in [-0.4, -0.2) is 20.4 Å². The number of thiocarbonyl (C=S) groups is 1. The van der Waals surface area contributed by atoms with Crippen LogP contribution in [0.25, 0.3) is 0 Å². The van der Waals surface area contributed by atoms with Gasteiger partial charge in [0.25, 0.3) is 10.0 Å². The predicted octanol–water partition coefficient (Wildman–Crippen LogP) is 5.30. The molecule has 7 heteroatoms. The number of anilines is 1. The maximum absolute atomic E-state index is 12.5. The van der Waals surface area contributed by atoms with Crippen LogP contribution in [0, 0.1) is 0 Å². The number of rotatable bonds is 8. The maximum atomic E-state index is 12.5. The molecule has 0 aliphatic heterocycles. The normalized spacial score (nSPS) is 11.1. The molecule has 0 atom stereocenters. The van der Waals surface area contributed by atoms with Gasteiger partial charge < -0.3 is 4.74 Å². The second-order valence-electron chi connectivity index (χ2n) is 6.46. The standard InChI is InChI=1S/C22H20ClNO3S2/c1-27-22-5-3-2-4-17(22)15-20(28)14-16-6-12-21(13-7-16)29(25,26)24-19-10-8-18(23)9-11-19/h2-13,24H,14-15H2,1H3. The summed E-state index contributed by atoms with van der Waals surface area (Å²) in [6.45, 7) is 0. The Bertz CT molecular complexity index is 1100. The van der Waals surface area contributed by atoms with E-state index in [0.717, 1.165) is 21.7 Å². The molecule has 0 unspecified atom stereocenters. The van der Waals surface area contributed by atoms with Crippen molar-refractivity contribution in [2.24, 2.45) is 0 Å². The van der Waals surface area contributed by atoms with E-state index in [1.54, 1.807) is 55.6 Å². The Labute approximate surface area is 181 Å². The quantitative estimate of drug-likeness (QED) is 0.478. The van der Waals surface area contributed by atoms with E-state index in [4.69, 9.17) is 28.6 Å². The molecule has 0 saturated carbocycles. The zero-order valence-electron chi connectivity index (χ0n) is 15.8. The second-order valence-corrected chi connectivity index (χ2v) is 9.16. The molecule has 0 bridgehead atoms. The van der Waals surface area contributed by atoms with Crippen LogP contribution in [0.2, 0.25) is 5.02 Å². The lowest BCUT2D eigenvalue weighted by molar-refractivity contribution is 0.411. The summed E-state index contributed by atoms with van der Waals surface area (Å²) >= 11 is 11.4. The summed E-state index contributed by atoms with van der Waals surface area (Å²) in [5.41, 5.74) is 2.44. The van der Waals surface area contributed by atoms with Crippen molar-refractivity contribution < 1.29 is 13.2 Å². The lowest BCUT2D eigenvalue weighted by atomic mass is 10.0. The molecule has 0 aliphatic carbocycles. The van der Waals surface area contributed by atoms with Crippen molar-refractivity contribution in [3.8, 4) is 5.75 Å². The fraction of sp³-hybridized carbons (Fsp3) is 0.136. The second kappa shape index (κ2) is 9.39. The highest BCUT2D eigenvalue weighted by Gasteiger charge is 2.14. The number of hydrogen-bond donors (Lipinski definition) is 1. The van der Waals surface area contributed by atoms with Crippen molar-refractivity contribution in [1.82, 2.24) is 0 Å². The molecule has 0 saturated heterocycles. The van der Waals surface area contributed by atoms with Crippen LogP contribution in [0.5, 0.6) is 5.75 Å². The molecular weight excluding hydrogens is 426 g/mol. The highest BCUT2D eigenvalue weighted by Crippen LogP contribution is 2.21. The molecule has 3 aromatic carbocycles. The lowest BCUT2D eigenvalue weighted by Crippen LogP contribution is -2.13. The number of hydrogen-bond acceptors (Lipinski definition) is 4. The summed E-state index contributed by atoms with van der Waals surface area (Å²) in [6, 6.07) is 21.0. The van der Waals surface area contributed by atoms with Crippen LogP contribution >= 0.6 is 23.8 Å². The van der Waals surface area contributed by atoms with E-state index in [-0.39, 0.29) is 4.90 Å². The number of benzene rings is 3. The van der Waals surface area contributed by atoms with Gasteiger partial charge in [-0.05, 0) is 53.6 Å². The lowest BCUT2D eigenvalue weighted by Gasteiger charge is -2.10. The van der Waals surface area contributed by atoms with Crippen molar-refractivity contribution >= 4 is 44.4 Å². The number of para-hydroxylation sites is 1. The van der Waals surface area contributed by atoms with E-state index >= 15 is 0 Å². The van der Waals surface area contributed by atoms with Gasteiger partial charge in [-0.15, -0.1) is 0 Å². The summed E-state index contributed by atoms with van der Waals surface area (Å²) in [5, 5.41) is 0.543. The summed E-state index contributed by atoms with van der Waals surface area (Å²) < 4.78 is 33.0. The highest BCUT2D eigenvalue weighted by atomic mass is 35.5. The Balaban J connectivity index is 1.66. The number of sulfonamides is 1. The van der Waals surface area contributed by atoms with Gasteiger partial charge in [-0.3, -0.25) is 4.72 Å². The number of methoxy groups -OCH3 is 1. The van der Waals surface area contributed by atoms with Crippen molar-refractivity contribution in [1.29, 1.82) is 0 Å². The monoisotopic (exact) mass is 445 g/mol. The third-order valence-corrected chi connectivity index (χ3v) is 6.25. The summed E-state index contributed by atoms with van der Waals surface area (Å²) in [4.78, 5) is 1.04. The minimum atomic E-state index is -3.67. The molecule has 1 N–H and O–H groups in total. The minimum absolute atomic E-state index is 0.187. The predicted molar refractivity (Wildman–Crippen MR) is 122 cm³/mol. The Hall–Kier alpha value is -2.41. The Morgan fingerprint density at radius 3 is 2.28 bits per heavy atom. The molecule has 4 nitrogen and oxygen atoms in total. The van der Waals surface area contributed by atoms with Gasteiger partial charge in [-0.1, -0.05) is 54.2 Å². The topological polar surface area (TPSA) is 55.4 Å². The molecule has 0 fully saturated rings. The van der Waals surface area contributed by atoms with Gasteiger partial charge in [0, 0.05) is 28.4 Å². The molecule has 0 radical (unpaired) electrons. The van der Waals surface area contributed by atoms with Crippen LogP contribution in [0.1, 0.15) is 11.1 Å². The average Bonchev–Trinajstić information content (AvgIpc) is 2.70. The number of nitrogens with one attached hydrogen (secondary N) is 1. The van der Waals surface area contributed by atoms with Gasteiger partial charge in [0.2, 0.25) is 0 Å². The Kier molecular flexibility index (Phi) is 6.90. The Morgan fingerprint density at radius 1 is 0.966 bits per heavy atom. The van der Waals surface area contributed by atoms with E-state index in [9.17, 15) is 8.42 Å². The Morgan fingerprint density at radius 2 is 1.62 bits per heavy atom. The van der Waals surface area contributed by atoms with Gasteiger partial charge >= 0.3 is 0 Å². The third kappa shape index (κ3) is 5.79. The van der Waals surface area contributed by atoms with Crippen molar-refractivity contribution in [3.05, 3.63) is 88.9 Å². The number of halogens is 1. The first kappa shape index (κ1) is 21.3. The molecule has 0 aliphatic rings. The van der Waals surface area contributed by atoms with Crippen LogP contribution in [0.15, 0.2) is 77.7 Å². The maximum Gasteiger partial charge on any atom is 0.261 e. The van der Waals surface area contributed by atoms with E-state index in [1.807, 2.05) is 24.3 Å². The largest absolute Gasteiger partial charge is 0.496 e. The van der Waals surface area contributed by atoms with E-state index in [2.05, 4.69) is 4.72 Å². The van der Waals surface area contributed by atoms with Crippen molar-refractivity contribution in [2.75, 3.05) is 11.8 Å². The van der Waals surface area contributed by atoms with Gasteiger partial charge in [0.15, 0.2) is 0 Å². The fourth-order valence-corrected chi connectivity index (χ4v) is 4.38. The summed E-state index contributed by atoms with van der Waals surface area (Å²) in [5.74, 6) is 0.810. The van der Waals surface area contributed by atoms with Crippen molar-refractivity contribution in [2.45, 2.75) is 17.7 Å². The zero-order valence-corrected chi connectivity index (χ0v) is 18.2. The first-order chi connectivity index (χ1) is 13.9. The van der Waals surface area contributed by atoms with Crippen molar-refractivity contribution in [3.63, 3.8) is 0 Å². The zero-order chi connectivity index (χ0) is 20.9. The van der Waals surface area contributed by atoms with Gasteiger partial charge in [-0.2, -0.15) is 0 Å². The van der Waals surface area contributed by atoms with Crippen LogP contribution in [-0.2, 0) is 22.9 Å². The first-order valence-electron chi connectivity index (χ1n) is 8.88. The average molecular weight is 446 g/mol. The minimum Gasteiger partial charge on any atom is -0.496 e. The van der Waals surface area contributed by atoms with Crippen LogP contribution in [0.4, 0.5) is 5.69 Å².